The molecule has 3 aromatic rings. The van der Waals surface area contributed by atoms with Gasteiger partial charge in [0.1, 0.15) is 18.3 Å². The Balaban J connectivity index is 2.04. The number of amides is 2. The predicted molar refractivity (Wildman–Crippen MR) is 149 cm³/mol. The maximum absolute atomic E-state index is 13.9. The maximum atomic E-state index is 13.9. The van der Waals surface area contributed by atoms with Crippen molar-refractivity contribution in [1.29, 1.82) is 0 Å². The monoisotopic (exact) mass is 537 g/mol. The van der Waals surface area contributed by atoms with Gasteiger partial charge in [0, 0.05) is 13.6 Å². The quantitative estimate of drug-likeness (QED) is 0.398. The van der Waals surface area contributed by atoms with E-state index in [4.69, 9.17) is 4.74 Å². The lowest BCUT2D eigenvalue weighted by Gasteiger charge is -2.33. The highest BCUT2D eigenvalue weighted by Gasteiger charge is 2.33. The Hall–Kier alpha value is -3.85. The molecule has 0 aliphatic heterocycles. The predicted octanol–water partition coefficient (Wildman–Crippen LogP) is 4.06. The van der Waals surface area contributed by atoms with Crippen molar-refractivity contribution >= 4 is 27.5 Å². The molecule has 0 fully saturated rings. The molecule has 3 aromatic carbocycles. The molecule has 2 amide bonds. The number of nitrogens with zero attached hydrogens (tertiary/aromatic N) is 2. The van der Waals surface area contributed by atoms with Crippen molar-refractivity contribution in [3.05, 3.63) is 89.5 Å². The minimum atomic E-state index is -4.09. The van der Waals surface area contributed by atoms with Gasteiger partial charge in [-0.05, 0) is 67.8 Å². The molecule has 0 aliphatic rings. The van der Waals surface area contributed by atoms with Crippen molar-refractivity contribution in [3.8, 4) is 5.75 Å². The lowest BCUT2D eigenvalue weighted by molar-refractivity contribution is -0.140. The summed E-state index contributed by atoms with van der Waals surface area (Å²) in [4.78, 5) is 28.2. The molecule has 0 saturated heterocycles. The van der Waals surface area contributed by atoms with Crippen LogP contribution in [0.5, 0.6) is 5.75 Å². The third kappa shape index (κ3) is 6.72. The van der Waals surface area contributed by atoms with Gasteiger partial charge in [-0.1, -0.05) is 48.9 Å². The van der Waals surface area contributed by atoms with Gasteiger partial charge in [0.15, 0.2) is 0 Å². The number of aryl methyl sites for hydroxylation is 2. The highest BCUT2D eigenvalue weighted by molar-refractivity contribution is 7.92. The zero-order chi connectivity index (χ0) is 27.9. The molecule has 202 valence electrons. The molecule has 8 nitrogen and oxygen atoms in total. The molecule has 0 spiro atoms. The Labute approximate surface area is 225 Å². The summed E-state index contributed by atoms with van der Waals surface area (Å²) in [6.07, 6.45) is 0.358. The molecule has 0 radical (unpaired) electrons. The summed E-state index contributed by atoms with van der Waals surface area (Å²) >= 11 is 0. The van der Waals surface area contributed by atoms with Gasteiger partial charge < -0.3 is 15.0 Å². The average Bonchev–Trinajstić information content (AvgIpc) is 2.91. The highest BCUT2D eigenvalue weighted by Crippen LogP contribution is 2.26. The number of nitrogens with one attached hydrogen (secondary N) is 1. The van der Waals surface area contributed by atoms with Crippen molar-refractivity contribution < 1.29 is 22.7 Å². The first kappa shape index (κ1) is 28.7. The van der Waals surface area contributed by atoms with Crippen molar-refractivity contribution in [3.63, 3.8) is 0 Å². The molecule has 9 heteroatoms. The van der Waals surface area contributed by atoms with Crippen LogP contribution in [0.15, 0.2) is 77.7 Å². The zero-order valence-electron chi connectivity index (χ0n) is 22.5. The fourth-order valence-corrected chi connectivity index (χ4v) is 5.57. The minimum Gasteiger partial charge on any atom is -0.497 e. The Morgan fingerprint density at radius 3 is 2.16 bits per heavy atom. The third-order valence-electron chi connectivity index (χ3n) is 6.32. The summed E-state index contributed by atoms with van der Waals surface area (Å²) in [5.41, 5.74) is 2.93. The van der Waals surface area contributed by atoms with Gasteiger partial charge in [-0.15, -0.1) is 0 Å². The van der Waals surface area contributed by atoms with Crippen LogP contribution in [-0.4, -0.2) is 51.9 Å². The molecule has 3 rings (SSSR count). The van der Waals surface area contributed by atoms with E-state index in [-0.39, 0.29) is 17.3 Å². The fourth-order valence-electron chi connectivity index (χ4n) is 4.16. The first-order valence-corrected chi connectivity index (χ1v) is 13.8. The van der Waals surface area contributed by atoms with Gasteiger partial charge >= 0.3 is 0 Å². The van der Waals surface area contributed by atoms with Crippen molar-refractivity contribution in [2.45, 2.75) is 44.7 Å². The van der Waals surface area contributed by atoms with E-state index in [1.807, 2.05) is 39.0 Å². The van der Waals surface area contributed by atoms with Crippen LogP contribution in [0.4, 0.5) is 5.69 Å². The number of methoxy groups -OCH3 is 1. The number of carbonyl (C=O) groups is 2. The summed E-state index contributed by atoms with van der Waals surface area (Å²) < 4.78 is 34.0. The van der Waals surface area contributed by atoms with Gasteiger partial charge in [-0.2, -0.15) is 0 Å². The number of benzene rings is 3. The molecule has 1 N–H and O–H groups in total. The number of hydrogen-bond donors (Lipinski definition) is 1. The van der Waals surface area contributed by atoms with Crippen molar-refractivity contribution in [2.24, 2.45) is 0 Å². The van der Waals surface area contributed by atoms with Gasteiger partial charge in [-0.3, -0.25) is 13.9 Å². The Kier molecular flexibility index (Phi) is 9.52. The molecule has 1 atom stereocenters. The molecule has 0 bridgehead atoms. The minimum absolute atomic E-state index is 0.0810. The molecule has 0 unspecified atom stereocenters. The molecular weight excluding hydrogens is 502 g/mol. The topological polar surface area (TPSA) is 96.0 Å². The summed E-state index contributed by atoms with van der Waals surface area (Å²) in [6, 6.07) is 19.9. The lowest BCUT2D eigenvalue weighted by Crippen LogP contribution is -2.51. The van der Waals surface area contributed by atoms with Gasteiger partial charge in [-0.25, -0.2) is 8.42 Å². The summed E-state index contributed by atoms with van der Waals surface area (Å²) in [6.45, 7) is 5.20. The van der Waals surface area contributed by atoms with E-state index in [9.17, 15) is 18.0 Å². The Morgan fingerprint density at radius 2 is 1.61 bits per heavy atom. The first-order valence-electron chi connectivity index (χ1n) is 12.4. The van der Waals surface area contributed by atoms with Crippen LogP contribution in [0.25, 0.3) is 0 Å². The number of likely N-dealkylation sites (N-methyl/N-ethyl adjacent to an activating group) is 1. The van der Waals surface area contributed by atoms with E-state index < -0.39 is 28.5 Å². The second kappa shape index (κ2) is 12.6. The highest BCUT2D eigenvalue weighted by atomic mass is 32.2. The van der Waals surface area contributed by atoms with Crippen LogP contribution < -0.4 is 14.4 Å². The number of sulfonamides is 1. The van der Waals surface area contributed by atoms with Crippen LogP contribution in [0.3, 0.4) is 0 Å². The van der Waals surface area contributed by atoms with Crippen LogP contribution >= 0.6 is 0 Å². The molecule has 38 heavy (non-hydrogen) atoms. The van der Waals surface area contributed by atoms with Gasteiger partial charge in [0.25, 0.3) is 10.0 Å². The maximum Gasteiger partial charge on any atom is 0.264 e. The van der Waals surface area contributed by atoms with E-state index >= 15 is 0 Å². The number of ether oxygens (including phenoxy) is 1. The summed E-state index contributed by atoms with van der Waals surface area (Å²) in [5, 5.41) is 2.62. The van der Waals surface area contributed by atoms with Crippen LogP contribution in [-0.2, 0) is 26.2 Å². The third-order valence-corrected chi connectivity index (χ3v) is 8.11. The lowest BCUT2D eigenvalue weighted by atomic mass is 10.1. The average molecular weight is 538 g/mol. The normalized spacial score (nSPS) is 11.9. The van der Waals surface area contributed by atoms with Crippen LogP contribution in [0.1, 0.15) is 30.0 Å². The zero-order valence-corrected chi connectivity index (χ0v) is 23.3. The second-order valence-corrected chi connectivity index (χ2v) is 10.9. The fraction of sp³-hybridized carbons (Fsp3) is 0.310. The van der Waals surface area contributed by atoms with Crippen molar-refractivity contribution in [1.82, 2.24) is 10.2 Å². The van der Waals surface area contributed by atoms with E-state index in [0.29, 0.717) is 17.9 Å². The SMILES string of the molecule is CC[C@@H](C(=O)NC)N(Cc1ccc(OC)cc1)C(=O)CN(c1cccc(C)c1)S(=O)(=O)c1ccc(C)cc1. The molecule has 0 aliphatic carbocycles. The van der Waals surface area contributed by atoms with Gasteiger partial charge in [0.05, 0.1) is 17.7 Å². The van der Waals surface area contributed by atoms with E-state index in [1.165, 1.54) is 24.1 Å². The molecule has 0 saturated carbocycles. The first-order chi connectivity index (χ1) is 18.1. The molecular formula is C29H35N3O5S. The number of carbonyl (C=O) groups excluding carboxylic acids is 2. The summed E-state index contributed by atoms with van der Waals surface area (Å²) in [7, 11) is -1.00. The largest absolute Gasteiger partial charge is 0.497 e. The van der Waals surface area contributed by atoms with E-state index in [2.05, 4.69) is 5.32 Å². The van der Waals surface area contributed by atoms with Crippen LogP contribution in [0.2, 0.25) is 0 Å². The second-order valence-electron chi connectivity index (χ2n) is 9.07. The molecule has 0 aromatic heterocycles. The number of hydrogen-bond acceptors (Lipinski definition) is 5. The smallest absolute Gasteiger partial charge is 0.264 e. The van der Waals surface area contributed by atoms with E-state index in [0.717, 1.165) is 21.0 Å². The Bertz CT molecular complexity index is 1360. The van der Waals surface area contributed by atoms with Crippen LogP contribution in [0, 0.1) is 13.8 Å². The van der Waals surface area contributed by atoms with Crippen molar-refractivity contribution in [2.75, 3.05) is 25.0 Å². The Morgan fingerprint density at radius 1 is 0.947 bits per heavy atom. The molecule has 0 heterocycles. The van der Waals surface area contributed by atoms with E-state index in [1.54, 1.807) is 49.6 Å². The number of anilines is 1. The summed E-state index contributed by atoms with van der Waals surface area (Å²) in [5.74, 6) is -0.147. The standard InChI is InChI=1S/C29H35N3O5S/c1-6-27(29(34)30-4)31(19-23-12-14-25(37-5)15-13-23)28(33)20-32(24-9-7-8-22(3)18-24)38(35,36)26-16-10-21(2)11-17-26/h7-18,27H,6,19-20H2,1-5H3,(H,30,34)/t27-/m0/s1. The number of rotatable bonds is 11. The van der Waals surface area contributed by atoms with Gasteiger partial charge in [0.2, 0.25) is 11.8 Å².